The van der Waals surface area contributed by atoms with Crippen molar-refractivity contribution < 1.29 is 9.53 Å². The average molecular weight is 423 g/mol. The van der Waals surface area contributed by atoms with Gasteiger partial charge >= 0.3 is 0 Å². The minimum absolute atomic E-state index is 0.146. The van der Waals surface area contributed by atoms with Gasteiger partial charge in [0.2, 0.25) is 0 Å². The van der Waals surface area contributed by atoms with E-state index in [-0.39, 0.29) is 5.91 Å². The first-order chi connectivity index (χ1) is 11.0. The lowest BCUT2D eigenvalue weighted by Gasteiger charge is -2.16. The molecule has 0 spiro atoms. The van der Waals surface area contributed by atoms with Gasteiger partial charge in [-0.3, -0.25) is 4.79 Å². The minimum atomic E-state index is -0.550. The quantitative estimate of drug-likeness (QED) is 0.668. The number of hydrogen-bond acceptors (Lipinski definition) is 2. The van der Waals surface area contributed by atoms with Crippen molar-refractivity contribution in [1.29, 1.82) is 0 Å². The fourth-order valence-corrected chi connectivity index (χ4v) is 2.93. The number of carbonyl (C=O) groups excluding carboxylic acids is 1. The van der Waals surface area contributed by atoms with E-state index in [1.807, 2.05) is 49.4 Å². The van der Waals surface area contributed by atoms with Crippen LogP contribution in [0.5, 0.6) is 5.75 Å². The predicted octanol–water partition coefficient (Wildman–Crippen LogP) is 4.96. The zero-order valence-corrected chi connectivity index (χ0v) is 15.9. The van der Waals surface area contributed by atoms with Crippen molar-refractivity contribution in [2.75, 3.05) is 5.32 Å². The van der Waals surface area contributed by atoms with Gasteiger partial charge in [-0.05, 0) is 84.3 Å². The van der Waals surface area contributed by atoms with Crippen molar-refractivity contribution in [3.05, 3.63) is 57.2 Å². The molecular weight excluding hydrogens is 401 g/mol. The van der Waals surface area contributed by atoms with E-state index in [4.69, 9.17) is 4.74 Å². The highest BCUT2D eigenvalue weighted by atomic mass is 127. The Balaban J connectivity index is 1.96. The summed E-state index contributed by atoms with van der Waals surface area (Å²) >= 11 is 2.26. The number of rotatable bonds is 6. The molecule has 1 N–H and O–H groups in total. The third-order valence-corrected chi connectivity index (χ3v) is 4.26. The maximum absolute atomic E-state index is 12.3. The van der Waals surface area contributed by atoms with E-state index >= 15 is 0 Å². The highest BCUT2D eigenvalue weighted by Gasteiger charge is 2.15. The van der Waals surface area contributed by atoms with Crippen LogP contribution in [-0.2, 0) is 11.2 Å². The summed E-state index contributed by atoms with van der Waals surface area (Å²) in [6.45, 7) is 5.90. The van der Waals surface area contributed by atoms with Gasteiger partial charge in [-0.15, -0.1) is 0 Å². The van der Waals surface area contributed by atoms with E-state index in [1.54, 1.807) is 6.92 Å². The van der Waals surface area contributed by atoms with Gasteiger partial charge in [-0.1, -0.05) is 25.5 Å². The molecule has 1 amide bonds. The molecular formula is C19H22INO2. The van der Waals surface area contributed by atoms with E-state index < -0.39 is 6.10 Å². The standard InChI is InChI=1S/C19H22INO2/c1-4-5-15-6-9-17(10-7-15)23-14(3)19(22)21-18-11-8-16(20)12-13(18)2/h6-12,14H,4-5H2,1-3H3,(H,21,22). The number of benzene rings is 2. The molecule has 2 aromatic carbocycles. The Kier molecular flexibility index (Phi) is 6.45. The van der Waals surface area contributed by atoms with E-state index in [2.05, 4.69) is 34.8 Å². The summed E-state index contributed by atoms with van der Waals surface area (Å²) in [5.74, 6) is 0.568. The maximum Gasteiger partial charge on any atom is 0.265 e. The molecule has 0 heterocycles. The number of anilines is 1. The second-order valence-electron chi connectivity index (χ2n) is 5.60. The third-order valence-electron chi connectivity index (χ3n) is 3.59. The summed E-state index contributed by atoms with van der Waals surface area (Å²) in [6.07, 6.45) is 1.63. The SMILES string of the molecule is CCCc1ccc(OC(C)C(=O)Nc2ccc(I)cc2C)cc1. The van der Waals surface area contributed by atoms with Crippen molar-refractivity contribution in [2.45, 2.75) is 39.7 Å². The number of carbonyl (C=O) groups is 1. The highest BCUT2D eigenvalue weighted by molar-refractivity contribution is 14.1. The summed E-state index contributed by atoms with van der Waals surface area (Å²) in [6, 6.07) is 13.9. The Labute approximate surface area is 151 Å². The van der Waals surface area contributed by atoms with E-state index in [0.29, 0.717) is 5.75 Å². The van der Waals surface area contributed by atoms with Gasteiger partial charge in [-0.25, -0.2) is 0 Å². The molecule has 2 rings (SSSR count). The maximum atomic E-state index is 12.3. The van der Waals surface area contributed by atoms with Crippen LogP contribution in [0.25, 0.3) is 0 Å². The summed E-state index contributed by atoms with van der Waals surface area (Å²) in [5.41, 5.74) is 3.15. The molecule has 0 fully saturated rings. The number of halogens is 1. The fourth-order valence-electron chi connectivity index (χ4n) is 2.28. The molecule has 0 saturated carbocycles. The van der Waals surface area contributed by atoms with Crippen LogP contribution in [0, 0.1) is 10.5 Å². The lowest BCUT2D eigenvalue weighted by atomic mass is 10.1. The van der Waals surface area contributed by atoms with Gasteiger partial charge in [0, 0.05) is 9.26 Å². The van der Waals surface area contributed by atoms with E-state index in [9.17, 15) is 4.79 Å². The number of aryl methyl sites for hydroxylation is 2. The topological polar surface area (TPSA) is 38.3 Å². The number of ether oxygens (including phenoxy) is 1. The van der Waals surface area contributed by atoms with Gasteiger partial charge in [-0.2, -0.15) is 0 Å². The molecule has 1 atom stereocenters. The first-order valence-corrected chi connectivity index (χ1v) is 8.90. The molecule has 0 radical (unpaired) electrons. The monoisotopic (exact) mass is 423 g/mol. The molecule has 0 aliphatic rings. The number of nitrogens with one attached hydrogen (secondary N) is 1. The largest absolute Gasteiger partial charge is 0.481 e. The predicted molar refractivity (Wildman–Crippen MR) is 103 cm³/mol. The molecule has 0 aliphatic carbocycles. The Morgan fingerprint density at radius 2 is 1.91 bits per heavy atom. The molecule has 0 bridgehead atoms. The fraction of sp³-hybridized carbons (Fsp3) is 0.316. The smallest absolute Gasteiger partial charge is 0.265 e. The molecule has 3 nitrogen and oxygen atoms in total. The third kappa shape index (κ3) is 5.23. The molecule has 1 unspecified atom stereocenters. The number of hydrogen-bond donors (Lipinski definition) is 1. The first-order valence-electron chi connectivity index (χ1n) is 7.82. The minimum Gasteiger partial charge on any atom is -0.481 e. The Bertz CT molecular complexity index is 668. The van der Waals surface area contributed by atoms with Crippen molar-refractivity contribution in [2.24, 2.45) is 0 Å². The second-order valence-corrected chi connectivity index (χ2v) is 6.85. The van der Waals surface area contributed by atoms with Crippen molar-refractivity contribution >= 4 is 34.2 Å². The zero-order chi connectivity index (χ0) is 16.8. The van der Waals surface area contributed by atoms with Crippen LogP contribution >= 0.6 is 22.6 Å². The molecule has 2 aromatic rings. The van der Waals surface area contributed by atoms with Gasteiger partial charge in [0.05, 0.1) is 0 Å². The summed E-state index contributed by atoms with van der Waals surface area (Å²) in [4.78, 5) is 12.3. The van der Waals surface area contributed by atoms with Crippen LogP contribution in [0.2, 0.25) is 0 Å². The van der Waals surface area contributed by atoms with Gasteiger partial charge in [0.1, 0.15) is 5.75 Å². The highest BCUT2D eigenvalue weighted by Crippen LogP contribution is 2.19. The number of amides is 1. The van der Waals surface area contributed by atoms with Gasteiger partial charge in [0.15, 0.2) is 6.10 Å². The lowest BCUT2D eigenvalue weighted by Crippen LogP contribution is -2.30. The van der Waals surface area contributed by atoms with Crippen LogP contribution in [0.15, 0.2) is 42.5 Å². The van der Waals surface area contributed by atoms with Crippen molar-refractivity contribution in [3.8, 4) is 5.75 Å². The van der Waals surface area contributed by atoms with E-state index in [1.165, 1.54) is 5.56 Å². The van der Waals surface area contributed by atoms with E-state index in [0.717, 1.165) is 27.7 Å². The second kappa shape index (κ2) is 8.34. The molecule has 23 heavy (non-hydrogen) atoms. The van der Waals surface area contributed by atoms with Crippen molar-refractivity contribution in [1.82, 2.24) is 0 Å². The average Bonchev–Trinajstić information content (AvgIpc) is 2.52. The van der Waals surface area contributed by atoms with Gasteiger partial charge < -0.3 is 10.1 Å². The van der Waals surface area contributed by atoms with Crippen LogP contribution < -0.4 is 10.1 Å². The molecule has 122 valence electrons. The summed E-state index contributed by atoms with van der Waals surface area (Å²) < 4.78 is 6.88. The Morgan fingerprint density at radius 1 is 1.22 bits per heavy atom. The molecule has 4 heteroatoms. The zero-order valence-electron chi connectivity index (χ0n) is 13.7. The Morgan fingerprint density at radius 3 is 2.52 bits per heavy atom. The van der Waals surface area contributed by atoms with Crippen LogP contribution in [0.1, 0.15) is 31.4 Å². The molecule has 0 aromatic heterocycles. The summed E-state index contributed by atoms with van der Waals surface area (Å²) in [7, 11) is 0. The summed E-state index contributed by atoms with van der Waals surface area (Å²) in [5, 5.41) is 2.92. The van der Waals surface area contributed by atoms with Crippen LogP contribution in [0.4, 0.5) is 5.69 Å². The lowest BCUT2D eigenvalue weighted by molar-refractivity contribution is -0.122. The molecule has 0 saturated heterocycles. The van der Waals surface area contributed by atoms with Crippen LogP contribution in [-0.4, -0.2) is 12.0 Å². The van der Waals surface area contributed by atoms with Crippen molar-refractivity contribution in [3.63, 3.8) is 0 Å². The first kappa shape index (κ1) is 17.8. The van der Waals surface area contributed by atoms with Crippen LogP contribution in [0.3, 0.4) is 0 Å². The molecule has 0 aliphatic heterocycles. The Hall–Kier alpha value is -1.56. The van der Waals surface area contributed by atoms with Gasteiger partial charge in [0.25, 0.3) is 5.91 Å². The normalized spacial score (nSPS) is 11.8.